The summed E-state index contributed by atoms with van der Waals surface area (Å²) >= 11 is 0. The molecule has 7 nitrogen and oxygen atoms in total. The van der Waals surface area contributed by atoms with Crippen LogP contribution in [0.3, 0.4) is 0 Å². The third kappa shape index (κ3) is 3.08. The molecular formula is C21H25N5O2. The minimum Gasteiger partial charge on any atom is -0.351 e. The zero-order chi connectivity index (χ0) is 19.1. The van der Waals surface area contributed by atoms with Gasteiger partial charge in [-0.1, -0.05) is 6.42 Å². The maximum Gasteiger partial charge on any atom is 0.253 e. The second-order valence-corrected chi connectivity index (χ2v) is 8.62. The van der Waals surface area contributed by atoms with E-state index in [0.29, 0.717) is 24.1 Å². The maximum atomic E-state index is 12.8. The normalized spacial score (nSPS) is 23.3. The van der Waals surface area contributed by atoms with Gasteiger partial charge in [-0.2, -0.15) is 0 Å². The van der Waals surface area contributed by atoms with Crippen LogP contribution in [-0.2, 0) is 4.79 Å². The second-order valence-electron chi connectivity index (χ2n) is 8.62. The van der Waals surface area contributed by atoms with Gasteiger partial charge in [0.25, 0.3) is 5.91 Å². The van der Waals surface area contributed by atoms with Crippen LogP contribution >= 0.6 is 0 Å². The van der Waals surface area contributed by atoms with Crippen LogP contribution in [0.4, 0.5) is 0 Å². The fourth-order valence-corrected chi connectivity index (χ4v) is 4.93. The largest absolute Gasteiger partial charge is 0.351 e. The van der Waals surface area contributed by atoms with E-state index in [1.165, 1.54) is 19.3 Å². The van der Waals surface area contributed by atoms with Crippen molar-refractivity contribution in [1.82, 2.24) is 25.0 Å². The van der Waals surface area contributed by atoms with Crippen molar-refractivity contribution in [2.45, 2.75) is 44.6 Å². The average molecular weight is 379 g/mol. The van der Waals surface area contributed by atoms with Crippen LogP contribution in [0, 0.1) is 11.3 Å². The summed E-state index contributed by atoms with van der Waals surface area (Å²) in [5.41, 5.74) is 2.09. The van der Waals surface area contributed by atoms with E-state index in [1.54, 1.807) is 17.2 Å². The highest BCUT2D eigenvalue weighted by atomic mass is 16.2. The third-order valence-corrected chi connectivity index (χ3v) is 6.80. The molecule has 0 bridgehead atoms. The minimum atomic E-state index is 0.0177. The van der Waals surface area contributed by atoms with E-state index in [2.05, 4.69) is 15.5 Å². The fraction of sp³-hybridized carbons (Fsp3) is 0.524. The molecule has 7 heteroatoms. The number of carbonyl (C=O) groups excluding carboxylic acids is 2. The Morgan fingerprint density at radius 1 is 1.07 bits per heavy atom. The molecule has 5 rings (SSSR count). The summed E-state index contributed by atoms with van der Waals surface area (Å²) < 4.78 is 1.80. The van der Waals surface area contributed by atoms with Crippen molar-refractivity contribution >= 4 is 11.8 Å². The van der Waals surface area contributed by atoms with Gasteiger partial charge in [0, 0.05) is 36.3 Å². The molecule has 1 atom stereocenters. The molecule has 1 saturated heterocycles. The lowest BCUT2D eigenvalue weighted by Gasteiger charge is -2.53. The second kappa shape index (κ2) is 6.72. The highest BCUT2D eigenvalue weighted by Gasteiger charge is 2.50. The van der Waals surface area contributed by atoms with Gasteiger partial charge in [0.05, 0.1) is 0 Å². The minimum absolute atomic E-state index is 0.0177. The molecule has 1 aromatic carbocycles. The number of nitrogens with one attached hydrogen (secondary N) is 1. The number of benzene rings is 1. The molecule has 146 valence electrons. The molecule has 28 heavy (non-hydrogen) atoms. The molecule has 0 radical (unpaired) electrons. The van der Waals surface area contributed by atoms with Crippen LogP contribution in [0.5, 0.6) is 0 Å². The molecule has 2 saturated carbocycles. The monoisotopic (exact) mass is 379 g/mol. The molecule has 2 aromatic rings. The molecule has 3 fully saturated rings. The standard InChI is InChI=1S/C21H25N5O2/c27-19(16-10-21(11-16)7-1-8-21)24-17-6-9-25(12-17)20(28)15-2-4-18(5-3-15)26-13-22-23-14-26/h2-5,13-14,16-17H,1,6-12H2,(H,24,27)/t17-/m1/s1. The lowest BCUT2D eigenvalue weighted by molar-refractivity contribution is -0.137. The molecule has 1 aromatic heterocycles. The van der Waals surface area contributed by atoms with Gasteiger partial charge in [0.1, 0.15) is 12.7 Å². The summed E-state index contributed by atoms with van der Waals surface area (Å²) in [6.45, 7) is 1.28. The van der Waals surface area contributed by atoms with Crippen LogP contribution in [0.1, 0.15) is 48.9 Å². The predicted octanol–water partition coefficient (Wildman–Crippen LogP) is 2.18. The summed E-state index contributed by atoms with van der Waals surface area (Å²) in [5.74, 6) is 0.398. The van der Waals surface area contributed by atoms with Gasteiger partial charge < -0.3 is 10.2 Å². The van der Waals surface area contributed by atoms with E-state index in [4.69, 9.17) is 0 Å². The summed E-state index contributed by atoms with van der Waals surface area (Å²) in [6, 6.07) is 7.51. The smallest absolute Gasteiger partial charge is 0.253 e. The maximum absolute atomic E-state index is 12.8. The summed E-state index contributed by atoms with van der Waals surface area (Å²) in [6.07, 6.45) is 10.1. The number of likely N-dealkylation sites (tertiary alicyclic amines) is 1. The molecule has 2 heterocycles. The molecular weight excluding hydrogens is 354 g/mol. The first kappa shape index (κ1) is 17.4. The van der Waals surface area contributed by atoms with Crippen LogP contribution in [0.2, 0.25) is 0 Å². The van der Waals surface area contributed by atoms with E-state index in [0.717, 1.165) is 24.9 Å². The number of carbonyl (C=O) groups is 2. The first-order valence-electron chi connectivity index (χ1n) is 10.2. The van der Waals surface area contributed by atoms with Crippen molar-refractivity contribution in [3.05, 3.63) is 42.5 Å². The first-order valence-corrected chi connectivity index (χ1v) is 10.2. The van der Waals surface area contributed by atoms with Gasteiger partial charge in [-0.05, 0) is 61.8 Å². The van der Waals surface area contributed by atoms with Gasteiger partial charge in [-0.25, -0.2) is 0 Å². The van der Waals surface area contributed by atoms with Gasteiger partial charge >= 0.3 is 0 Å². The Morgan fingerprint density at radius 2 is 1.79 bits per heavy atom. The number of hydrogen-bond donors (Lipinski definition) is 1. The summed E-state index contributed by atoms with van der Waals surface area (Å²) in [7, 11) is 0. The Balaban J connectivity index is 1.14. The molecule has 0 unspecified atom stereocenters. The predicted molar refractivity (Wildman–Crippen MR) is 103 cm³/mol. The lowest BCUT2D eigenvalue weighted by atomic mass is 9.51. The zero-order valence-electron chi connectivity index (χ0n) is 15.9. The highest BCUT2D eigenvalue weighted by molar-refractivity contribution is 5.94. The van der Waals surface area contributed by atoms with Crippen molar-refractivity contribution in [2.24, 2.45) is 11.3 Å². The van der Waals surface area contributed by atoms with Gasteiger partial charge in [0.15, 0.2) is 0 Å². The molecule has 2 aliphatic carbocycles. The zero-order valence-corrected chi connectivity index (χ0v) is 15.9. The number of amides is 2. The number of rotatable bonds is 4. The van der Waals surface area contributed by atoms with Crippen molar-refractivity contribution in [3.63, 3.8) is 0 Å². The number of nitrogens with zero attached hydrogens (tertiary/aromatic N) is 4. The molecule has 1 spiro atoms. The summed E-state index contributed by atoms with van der Waals surface area (Å²) in [4.78, 5) is 27.1. The van der Waals surface area contributed by atoms with Gasteiger partial charge in [0.2, 0.25) is 5.91 Å². The molecule has 1 N–H and O–H groups in total. The molecule has 1 aliphatic heterocycles. The van der Waals surface area contributed by atoms with Crippen LogP contribution < -0.4 is 5.32 Å². The van der Waals surface area contributed by atoms with Crippen molar-refractivity contribution < 1.29 is 9.59 Å². The Morgan fingerprint density at radius 3 is 2.43 bits per heavy atom. The van der Waals surface area contributed by atoms with E-state index in [9.17, 15) is 9.59 Å². The van der Waals surface area contributed by atoms with Crippen molar-refractivity contribution in [2.75, 3.05) is 13.1 Å². The average Bonchev–Trinajstić information content (AvgIpc) is 3.31. The fourth-order valence-electron chi connectivity index (χ4n) is 4.93. The van der Waals surface area contributed by atoms with Gasteiger partial charge in [-0.15, -0.1) is 10.2 Å². The van der Waals surface area contributed by atoms with Crippen molar-refractivity contribution in [1.29, 1.82) is 0 Å². The Kier molecular flexibility index (Phi) is 4.18. The van der Waals surface area contributed by atoms with Crippen LogP contribution in [0.15, 0.2) is 36.9 Å². The Hall–Kier alpha value is -2.70. The topological polar surface area (TPSA) is 80.1 Å². The van der Waals surface area contributed by atoms with E-state index < -0.39 is 0 Å². The Bertz CT molecular complexity index is 865. The summed E-state index contributed by atoms with van der Waals surface area (Å²) in [5, 5.41) is 10.8. The van der Waals surface area contributed by atoms with Crippen LogP contribution in [-0.4, -0.2) is 50.6 Å². The molecule has 2 amide bonds. The molecule has 3 aliphatic rings. The highest BCUT2D eigenvalue weighted by Crippen LogP contribution is 2.58. The third-order valence-electron chi connectivity index (χ3n) is 6.80. The number of aromatic nitrogens is 3. The quantitative estimate of drug-likeness (QED) is 0.883. The van der Waals surface area contributed by atoms with E-state index >= 15 is 0 Å². The SMILES string of the molecule is O=C(N[C@@H]1CCN(C(=O)c2ccc(-n3cnnc3)cc2)C1)C1CC2(CCC2)C1. The number of hydrogen-bond acceptors (Lipinski definition) is 4. The van der Waals surface area contributed by atoms with Crippen LogP contribution in [0.25, 0.3) is 5.69 Å². The Labute approximate surface area is 164 Å². The van der Waals surface area contributed by atoms with Gasteiger partial charge in [-0.3, -0.25) is 14.2 Å². The van der Waals surface area contributed by atoms with E-state index in [-0.39, 0.29) is 23.8 Å². The van der Waals surface area contributed by atoms with Crippen molar-refractivity contribution in [3.8, 4) is 5.69 Å². The van der Waals surface area contributed by atoms with E-state index in [1.807, 2.05) is 29.2 Å². The lowest BCUT2D eigenvalue weighted by Crippen LogP contribution is -2.51. The first-order chi connectivity index (χ1) is 13.6.